The van der Waals surface area contributed by atoms with Crippen molar-refractivity contribution < 1.29 is 17.6 Å². The van der Waals surface area contributed by atoms with Crippen molar-refractivity contribution in [2.75, 3.05) is 10.8 Å². The Morgan fingerprint density at radius 2 is 1.32 bits per heavy atom. The molecule has 0 bridgehead atoms. The van der Waals surface area contributed by atoms with E-state index in [1.54, 1.807) is 24.3 Å². The molecule has 194 valence electrons. The molecular weight excluding hydrogens is 501 g/mol. The van der Waals surface area contributed by atoms with Gasteiger partial charge < -0.3 is 0 Å². The molecule has 0 saturated heterocycles. The van der Waals surface area contributed by atoms with Crippen LogP contribution in [0.3, 0.4) is 0 Å². The van der Waals surface area contributed by atoms with Crippen LogP contribution < -0.4 is 9.73 Å². The molecule has 0 saturated carbocycles. The van der Waals surface area contributed by atoms with Crippen molar-refractivity contribution in [1.82, 2.24) is 5.43 Å². The van der Waals surface area contributed by atoms with Crippen LogP contribution in [0, 0.1) is 12.7 Å². The second kappa shape index (κ2) is 12.3. The zero-order valence-electron chi connectivity index (χ0n) is 20.9. The quantitative estimate of drug-likeness (QED) is 0.224. The SMILES string of the molecule is Cc1ccc(N(CC(=O)NN=C(Cc2ccccc2)Cc2ccccc2)S(=O)(=O)c2ccc(F)cc2)cc1. The van der Waals surface area contributed by atoms with Gasteiger partial charge in [0.25, 0.3) is 15.9 Å². The van der Waals surface area contributed by atoms with E-state index in [0.29, 0.717) is 18.5 Å². The minimum atomic E-state index is -4.16. The smallest absolute Gasteiger partial charge is 0.264 e. The molecule has 1 amide bonds. The van der Waals surface area contributed by atoms with Crippen molar-refractivity contribution in [2.45, 2.75) is 24.7 Å². The predicted molar refractivity (Wildman–Crippen MR) is 148 cm³/mol. The summed E-state index contributed by atoms with van der Waals surface area (Å²) in [6.45, 7) is 1.38. The van der Waals surface area contributed by atoms with E-state index >= 15 is 0 Å². The molecule has 1 N–H and O–H groups in total. The van der Waals surface area contributed by atoms with Crippen molar-refractivity contribution >= 4 is 27.3 Å². The summed E-state index contributed by atoms with van der Waals surface area (Å²) in [5.74, 6) is -1.16. The number of hydrogen-bond acceptors (Lipinski definition) is 4. The summed E-state index contributed by atoms with van der Waals surface area (Å²) in [6, 6.07) is 30.8. The van der Waals surface area contributed by atoms with Gasteiger partial charge in [-0.3, -0.25) is 9.10 Å². The van der Waals surface area contributed by atoms with Crippen LogP contribution >= 0.6 is 0 Å². The molecule has 4 rings (SSSR count). The molecule has 0 fully saturated rings. The lowest BCUT2D eigenvalue weighted by atomic mass is 10.0. The molecule has 4 aromatic carbocycles. The number of benzene rings is 4. The first kappa shape index (κ1) is 26.8. The second-order valence-corrected chi connectivity index (χ2v) is 10.7. The average Bonchev–Trinajstić information content (AvgIpc) is 2.92. The Balaban J connectivity index is 1.58. The monoisotopic (exact) mass is 529 g/mol. The Kier molecular flexibility index (Phi) is 8.66. The summed E-state index contributed by atoms with van der Waals surface area (Å²) in [7, 11) is -4.16. The summed E-state index contributed by atoms with van der Waals surface area (Å²) in [6.07, 6.45) is 1.04. The van der Waals surface area contributed by atoms with E-state index < -0.39 is 28.3 Å². The molecule has 0 aromatic heterocycles. The number of amides is 1. The highest BCUT2D eigenvalue weighted by molar-refractivity contribution is 7.92. The van der Waals surface area contributed by atoms with Crippen molar-refractivity contribution in [2.24, 2.45) is 5.10 Å². The lowest BCUT2D eigenvalue weighted by molar-refractivity contribution is -0.119. The van der Waals surface area contributed by atoms with Crippen LogP contribution in [0.1, 0.15) is 16.7 Å². The summed E-state index contributed by atoms with van der Waals surface area (Å²) >= 11 is 0. The number of nitrogens with one attached hydrogen (secondary N) is 1. The Morgan fingerprint density at radius 3 is 1.84 bits per heavy atom. The molecule has 0 heterocycles. The lowest BCUT2D eigenvalue weighted by Crippen LogP contribution is -2.40. The van der Waals surface area contributed by atoms with E-state index in [2.05, 4.69) is 10.5 Å². The zero-order chi connectivity index (χ0) is 27.0. The first-order valence-corrected chi connectivity index (χ1v) is 13.5. The van der Waals surface area contributed by atoms with Crippen molar-refractivity contribution in [1.29, 1.82) is 0 Å². The molecular formula is C30H28FN3O3S. The fourth-order valence-corrected chi connectivity index (χ4v) is 5.29. The van der Waals surface area contributed by atoms with Crippen LogP contribution in [0.5, 0.6) is 0 Å². The van der Waals surface area contributed by atoms with Crippen LogP contribution in [0.15, 0.2) is 119 Å². The van der Waals surface area contributed by atoms with Gasteiger partial charge in [-0.1, -0.05) is 78.4 Å². The second-order valence-electron chi connectivity index (χ2n) is 8.84. The van der Waals surface area contributed by atoms with E-state index in [4.69, 9.17) is 0 Å². The predicted octanol–water partition coefficient (Wildman–Crippen LogP) is 5.29. The van der Waals surface area contributed by atoms with Gasteiger partial charge in [-0.2, -0.15) is 5.10 Å². The highest BCUT2D eigenvalue weighted by atomic mass is 32.2. The third-order valence-corrected chi connectivity index (χ3v) is 7.64. The first-order chi connectivity index (χ1) is 18.3. The number of carbonyl (C=O) groups excluding carboxylic acids is 1. The number of sulfonamides is 1. The molecule has 0 unspecified atom stereocenters. The third-order valence-electron chi connectivity index (χ3n) is 5.85. The lowest BCUT2D eigenvalue weighted by Gasteiger charge is -2.24. The van der Waals surface area contributed by atoms with Gasteiger partial charge in [0, 0.05) is 18.6 Å². The standard InChI is InChI=1S/C30H28FN3O3S/c1-23-12-16-28(17-13-23)34(38(36,37)29-18-14-26(31)15-19-29)22-30(35)33-32-27(20-24-8-4-2-5-9-24)21-25-10-6-3-7-11-25/h2-19H,20-22H2,1H3,(H,33,35). The normalized spacial score (nSPS) is 11.0. The van der Waals surface area contributed by atoms with Gasteiger partial charge in [-0.05, 0) is 54.4 Å². The molecule has 38 heavy (non-hydrogen) atoms. The van der Waals surface area contributed by atoms with Gasteiger partial charge in [0.15, 0.2) is 0 Å². The summed E-state index contributed by atoms with van der Waals surface area (Å²) in [5.41, 5.74) is 6.60. The number of hydrogen-bond donors (Lipinski definition) is 1. The van der Waals surface area contributed by atoms with Crippen LogP contribution in [0.25, 0.3) is 0 Å². The Labute approximate surface area is 222 Å². The molecule has 4 aromatic rings. The van der Waals surface area contributed by atoms with Crippen molar-refractivity contribution in [3.63, 3.8) is 0 Å². The summed E-state index contributed by atoms with van der Waals surface area (Å²) < 4.78 is 41.4. The number of halogens is 1. The van der Waals surface area contributed by atoms with Crippen molar-refractivity contribution in [3.05, 3.63) is 132 Å². The van der Waals surface area contributed by atoms with E-state index in [1.165, 1.54) is 12.1 Å². The minimum Gasteiger partial charge on any atom is -0.271 e. The Bertz CT molecular complexity index is 1450. The van der Waals surface area contributed by atoms with E-state index in [9.17, 15) is 17.6 Å². The molecule has 0 aliphatic heterocycles. The van der Waals surface area contributed by atoms with Gasteiger partial charge in [0.2, 0.25) is 0 Å². The number of hydrazone groups is 1. The summed E-state index contributed by atoms with van der Waals surface area (Å²) in [4.78, 5) is 12.9. The van der Waals surface area contributed by atoms with Crippen LogP contribution in [0.4, 0.5) is 10.1 Å². The zero-order valence-corrected chi connectivity index (χ0v) is 21.7. The molecule has 0 atom stereocenters. The number of aryl methyl sites for hydroxylation is 1. The first-order valence-electron chi connectivity index (χ1n) is 12.1. The highest BCUT2D eigenvalue weighted by Crippen LogP contribution is 2.24. The number of anilines is 1. The van der Waals surface area contributed by atoms with Gasteiger partial charge in [-0.25, -0.2) is 18.2 Å². The largest absolute Gasteiger partial charge is 0.271 e. The maximum atomic E-state index is 13.5. The third kappa shape index (κ3) is 7.14. The number of nitrogens with zero attached hydrogens (tertiary/aromatic N) is 2. The molecule has 6 nitrogen and oxygen atoms in total. The van der Waals surface area contributed by atoms with Crippen molar-refractivity contribution in [3.8, 4) is 0 Å². The number of carbonyl (C=O) groups is 1. The Morgan fingerprint density at radius 1 is 0.789 bits per heavy atom. The van der Waals surface area contributed by atoms with Crippen LogP contribution in [-0.2, 0) is 27.7 Å². The molecule has 0 aliphatic carbocycles. The highest BCUT2D eigenvalue weighted by Gasteiger charge is 2.27. The van der Waals surface area contributed by atoms with Gasteiger partial charge in [0.1, 0.15) is 12.4 Å². The van der Waals surface area contributed by atoms with E-state index in [-0.39, 0.29) is 4.90 Å². The average molecular weight is 530 g/mol. The van der Waals surface area contributed by atoms with Gasteiger partial charge in [-0.15, -0.1) is 0 Å². The van der Waals surface area contributed by atoms with E-state index in [1.807, 2.05) is 67.6 Å². The maximum Gasteiger partial charge on any atom is 0.264 e. The molecule has 8 heteroatoms. The van der Waals surface area contributed by atoms with Crippen LogP contribution in [-0.4, -0.2) is 26.6 Å². The minimum absolute atomic E-state index is 0.121. The molecule has 0 spiro atoms. The topological polar surface area (TPSA) is 78.8 Å². The molecule has 0 aliphatic rings. The van der Waals surface area contributed by atoms with E-state index in [0.717, 1.165) is 38.8 Å². The van der Waals surface area contributed by atoms with Gasteiger partial charge in [0.05, 0.1) is 10.6 Å². The fraction of sp³-hybridized carbons (Fsp3) is 0.133. The van der Waals surface area contributed by atoms with Crippen LogP contribution in [0.2, 0.25) is 0 Å². The summed E-state index contributed by atoms with van der Waals surface area (Å²) in [5, 5.41) is 4.39. The Hall–Kier alpha value is -4.30. The molecule has 0 radical (unpaired) electrons. The number of rotatable bonds is 10. The maximum absolute atomic E-state index is 13.5. The van der Waals surface area contributed by atoms with Gasteiger partial charge >= 0.3 is 0 Å². The fourth-order valence-electron chi connectivity index (χ4n) is 3.87.